The van der Waals surface area contributed by atoms with E-state index in [2.05, 4.69) is 0 Å². The number of carbonyl (C=O) groups excluding carboxylic acids is 1. The molecule has 1 amide bonds. The van der Waals surface area contributed by atoms with Crippen molar-refractivity contribution >= 4 is 17.5 Å². The van der Waals surface area contributed by atoms with Crippen LogP contribution in [0.15, 0.2) is 18.2 Å². The van der Waals surface area contributed by atoms with Crippen LogP contribution in [0.3, 0.4) is 0 Å². The number of hydrogen-bond donors (Lipinski definition) is 1. The molecule has 1 atom stereocenters. The molecular weight excluding hydrogens is 259 g/mol. The Bertz CT molecular complexity index is 456. The zero-order chi connectivity index (χ0) is 13.1. The molecule has 0 unspecified atom stereocenters. The summed E-state index contributed by atoms with van der Waals surface area (Å²) in [5.41, 5.74) is 6.16. The minimum Gasteiger partial charge on any atom is -0.378 e. The van der Waals surface area contributed by atoms with Crippen molar-refractivity contribution in [3.05, 3.63) is 34.6 Å². The molecule has 0 saturated carbocycles. The zero-order valence-electron chi connectivity index (χ0n) is 9.73. The fourth-order valence-electron chi connectivity index (χ4n) is 1.96. The van der Waals surface area contributed by atoms with Crippen LogP contribution in [0.4, 0.5) is 4.39 Å². The Kier molecular flexibility index (Phi) is 4.16. The molecule has 0 radical (unpaired) electrons. The fraction of sp³-hybridized carbons (Fsp3) is 0.417. The van der Waals surface area contributed by atoms with E-state index in [0.717, 1.165) is 5.56 Å². The van der Waals surface area contributed by atoms with Gasteiger partial charge in [0.25, 0.3) is 0 Å². The Morgan fingerprint density at radius 3 is 3.06 bits per heavy atom. The van der Waals surface area contributed by atoms with Crippen molar-refractivity contribution < 1.29 is 13.9 Å². The number of amides is 1. The van der Waals surface area contributed by atoms with Gasteiger partial charge >= 0.3 is 0 Å². The Morgan fingerprint density at radius 2 is 2.39 bits per heavy atom. The molecule has 98 valence electrons. The highest BCUT2D eigenvalue weighted by atomic mass is 35.5. The van der Waals surface area contributed by atoms with Gasteiger partial charge in [-0.3, -0.25) is 9.69 Å². The minimum atomic E-state index is -0.450. The Morgan fingerprint density at radius 1 is 1.61 bits per heavy atom. The van der Waals surface area contributed by atoms with Gasteiger partial charge in [0.1, 0.15) is 11.9 Å². The standard InChI is InChI=1S/C12H14ClFN2O2/c13-9-5-8(1-2-10(9)14)6-16-3-4-18-7-11(16)12(15)17/h1-2,5,11H,3-4,6-7H2,(H2,15,17)/t11-/m1/s1. The number of halogens is 2. The number of primary amides is 1. The lowest BCUT2D eigenvalue weighted by molar-refractivity contribution is -0.129. The first-order valence-corrected chi connectivity index (χ1v) is 6.01. The average molecular weight is 273 g/mol. The summed E-state index contributed by atoms with van der Waals surface area (Å²) in [5.74, 6) is -0.864. The highest BCUT2D eigenvalue weighted by Gasteiger charge is 2.27. The van der Waals surface area contributed by atoms with Crippen LogP contribution in [0.5, 0.6) is 0 Å². The van der Waals surface area contributed by atoms with E-state index in [1.807, 2.05) is 4.90 Å². The molecular formula is C12H14ClFN2O2. The smallest absolute Gasteiger partial charge is 0.237 e. The minimum absolute atomic E-state index is 0.0800. The molecule has 1 saturated heterocycles. The van der Waals surface area contributed by atoms with Crippen molar-refractivity contribution in [2.24, 2.45) is 5.73 Å². The third-order valence-corrected chi connectivity index (χ3v) is 3.23. The molecule has 2 rings (SSSR count). The van der Waals surface area contributed by atoms with Crippen LogP contribution in [0.2, 0.25) is 5.02 Å². The molecule has 1 aromatic carbocycles. The summed E-state index contributed by atoms with van der Waals surface area (Å²) >= 11 is 5.72. The maximum absolute atomic E-state index is 13.0. The summed E-state index contributed by atoms with van der Waals surface area (Å²) in [5, 5.41) is 0.0800. The van der Waals surface area contributed by atoms with Crippen LogP contribution in [0.1, 0.15) is 5.56 Å². The first-order chi connectivity index (χ1) is 8.58. The third-order valence-electron chi connectivity index (χ3n) is 2.94. The SMILES string of the molecule is NC(=O)[C@H]1COCCN1Cc1ccc(F)c(Cl)c1. The molecule has 18 heavy (non-hydrogen) atoms. The Balaban J connectivity index is 2.10. The van der Waals surface area contributed by atoms with Gasteiger partial charge in [0.2, 0.25) is 5.91 Å². The quantitative estimate of drug-likeness (QED) is 0.899. The number of hydrogen-bond acceptors (Lipinski definition) is 3. The van der Waals surface area contributed by atoms with E-state index in [1.54, 1.807) is 12.1 Å². The van der Waals surface area contributed by atoms with Gasteiger partial charge in [-0.05, 0) is 17.7 Å². The largest absolute Gasteiger partial charge is 0.378 e. The van der Waals surface area contributed by atoms with E-state index in [0.29, 0.717) is 26.3 Å². The summed E-state index contributed by atoms with van der Waals surface area (Å²) in [6, 6.07) is 4.08. The molecule has 1 aliphatic rings. The highest BCUT2D eigenvalue weighted by Crippen LogP contribution is 2.19. The molecule has 0 aliphatic carbocycles. The number of morpholine rings is 1. The van der Waals surface area contributed by atoms with Gasteiger partial charge in [-0.1, -0.05) is 17.7 Å². The van der Waals surface area contributed by atoms with Gasteiger partial charge in [-0.2, -0.15) is 0 Å². The second kappa shape index (κ2) is 5.65. The predicted octanol–water partition coefficient (Wildman–Crippen LogP) is 1.17. The van der Waals surface area contributed by atoms with Crippen molar-refractivity contribution in [3.8, 4) is 0 Å². The van der Waals surface area contributed by atoms with Crippen molar-refractivity contribution in [1.82, 2.24) is 4.90 Å². The van der Waals surface area contributed by atoms with Gasteiger partial charge in [0, 0.05) is 13.1 Å². The second-order valence-corrected chi connectivity index (χ2v) is 4.62. The predicted molar refractivity (Wildman–Crippen MR) is 65.6 cm³/mol. The number of carbonyl (C=O) groups is 1. The highest BCUT2D eigenvalue weighted by molar-refractivity contribution is 6.30. The molecule has 4 nitrogen and oxygen atoms in total. The molecule has 6 heteroatoms. The van der Waals surface area contributed by atoms with E-state index in [4.69, 9.17) is 22.1 Å². The van der Waals surface area contributed by atoms with Crippen LogP contribution >= 0.6 is 11.6 Å². The monoisotopic (exact) mass is 272 g/mol. The summed E-state index contributed by atoms with van der Waals surface area (Å²) in [6.45, 7) is 1.96. The number of nitrogens with two attached hydrogens (primary N) is 1. The molecule has 1 aromatic rings. The van der Waals surface area contributed by atoms with Gasteiger partial charge in [-0.15, -0.1) is 0 Å². The zero-order valence-corrected chi connectivity index (χ0v) is 10.5. The number of rotatable bonds is 3. The van der Waals surface area contributed by atoms with Gasteiger partial charge in [0.05, 0.1) is 18.2 Å². The Labute approximate surface area is 109 Å². The maximum Gasteiger partial charge on any atom is 0.237 e. The van der Waals surface area contributed by atoms with E-state index < -0.39 is 17.8 Å². The fourth-order valence-corrected chi connectivity index (χ4v) is 2.16. The second-order valence-electron chi connectivity index (χ2n) is 4.21. The summed E-state index contributed by atoms with van der Waals surface area (Å²) in [7, 11) is 0. The van der Waals surface area contributed by atoms with Crippen molar-refractivity contribution in [2.75, 3.05) is 19.8 Å². The van der Waals surface area contributed by atoms with E-state index in [1.165, 1.54) is 6.07 Å². The first kappa shape index (κ1) is 13.3. The van der Waals surface area contributed by atoms with Crippen LogP contribution in [0.25, 0.3) is 0 Å². The summed E-state index contributed by atoms with van der Waals surface area (Å²) < 4.78 is 18.3. The molecule has 0 aromatic heterocycles. The molecule has 1 fully saturated rings. The van der Waals surface area contributed by atoms with E-state index in [9.17, 15) is 9.18 Å². The number of ether oxygens (including phenoxy) is 1. The van der Waals surface area contributed by atoms with Gasteiger partial charge < -0.3 is 10.5 Å². The molecule has 1 aliphatic heterocycles. The van der Waals surface area contributed by atoms with Gasteiger partial charge in [0.15, 0.2) is 0 Å². The maximum atomic E-state index is 13.0. The number of benzene rings is 1. The van der Waals surface area contributed by atoms with E-state index in [-0.39, 0.29) is 5.02 Å². The summed E-state index contributed by atoms with van der Waals surface area (Å²) in [6.07, 6.45) is 0. The molecule has 1 heterocycles. The average Bonchev–Trinajstić information content (AvgIpc) is 2.34. The summed E-state index contributed by atoms with van der Waals surface area (Å²) in [4.78, 5) is 13.2. The third kappa shape index (κ3) is 2.98. The van der Waals surface area contributed by atoms with Gasteiger partial charge in [-0.25, -0.2) is 4.39 Å². The normalized spacial score (nSPS) is 20.9. The lowest BCUT2D eigenvalue weighted by Gasteiger charge is -2.33. The molecule has 0 bridgehead atoms. The number of nitrogens with zero attached hydrogens (tertiary/aromatic N) is 1. The molecule has 0 spiro atoms. The van der Waals surface area contributed by atoms with E-state index >= 15 is 0 Å². The molecule has 2 N–H and O–H groups in total. The lowest BCUT2D eigenvalue weighted by Crippen LogP contribution is -2.51. The first-order valence-electron chi connectivity index (χ1n) is 5.63. The van der Waals surface area contributed by atoms with Crippen LogP contribution in [-0.4, -0.2) is 36.6 Å². The van der Waals surface area contributed by atoms with Crippen molar-refractivity contribution in [3.63, 3.8) is 0 Å². The van der Waals surface area contributed by atoms with Crippen molar-refractivity contribution in [1.29, 1.82) is 0 Å². The van der Waals surface area contributed by atoms with Crippen LogP contribution in [0, 0.1) is 5.82 Å². The topological polar surface area (TPSA) is 55.6 Å². The van der Waals surface area contributed by atoms with Crippen molar-refractivity contribution in [2.45, 2.75) is 12.6 Å². The van der Waals surface area contributed by atoms with Crippen LogP contribution < -0.4 is 5.73 Å². The Hall–Kier alpha value is -1.17. The van der Waals surface area contributed by atoms with Crippen LogP contribution in [-0.2, 0) is 16.1 Å². The lowest BCUT2D eigenvalue weighted by atomic mass is 10.1.